The Morgan fingerprint density at radius 1 is 1.07 bits per heavy atom. The minimum absolute atomic E-state index is 0.0287. The summed E-state index contributed by atoms with van der Waals surface area (Å²) < 4.78 is 27.0. The first-order valence-corrected chi connectivity index (χ1v) is 11.9. The van der Waals surface area contributed by atoms with Crippen molar-refractivity contribution in [2.45, 2.75) is 29.6 Å². The number of rotatable bonds is 7. The molecule has 7 heteroatoms. The second-order valence-electron chi connectivity index (χ2n) is 6.94. The number of hydrogen-bond acceptors (Lipinski definition) is 4. The van der Waals surface area contributed by atoms with Crippen LogP contribution in [0.2, 0.25) is 0 Å². The molecule has 0 atom stereocenters. The van der Waals surface area contributed by atoms with Gasteiger partial charge in [0, 0.05) is 36.2 Å². The van der Waals surface area contributed by atoms with Gasteiger partial charge in [-0.1, -0.05) is 35.9 Å². The number of hydrogen-bond donors (Lipinski definition) is 1. The Labute approximate surface area is 171 Å². The van der Waals surface area contributed by atoms with E-state index in [1.165, 1.54) is 9.20 Å². The molecule has 1 N–H and O–H groups in total. The van der Waals surface area contributed by atoms with Crippen LogP contribution in [0.25, 0.3) is 0 Å². The first-order valence-electron chi connectivity index (χ1n) is 9.49. The van der Waals surface area contributed by atoms with E-state index in [9.17, 15) is 13.2 Å². The van der Waals surface area contributed by atoms with Crippen LogP contribution >= 0.6 is 11.8 Å². The first-order chi connectivity index (χ1) is 13.5. The average molecular weight is 419 g/mol. The highest BCUT2D eigenvalue weighted by atomic mass is 32.2. The Bertz CT molecular complexity index is 876. The van der Waals surface area contributed by atoms with Crippen molar-refractivity contribution in [3.05, 3.63) is 60.2 Å². The second-order valence-corrected chi connectivity index (χ2v) is 10.1. The fraction of sp³-hybridized carbons (Fsp3) is 0.381. The number of nitrogens with zero attached hydrogens (tertiary/aromatic N) is 1. The normalized spacial score (nSPS) is 16.0. The Kier molecular flexibility index (Phi) is 7.15. The van der Waals surface area contributed by atoms with E-state index < -0.39 is 10.0 Å². The third-order valence-corrected chi connectivity index (χ3v) is 7.82. The molecule has 0 aliphatic carbocycles. The van der Waals surface area contributed by atoms with E-state index in [1.807, 2.05) is 25.1 Å². The molecule has 3 rings (SSSR count). The Balaban J connectivity index is 1.44. The second kappa shape index (κ2) is 9.58. The molecule has 0 aromatic heterocycles. The number of thioether (sulfide) groups is 1. The lowest BCUT2D eigenvalue weighted by Crippen LogP contribution is -2.43. The SMILES string of the molecule is Cc1ccc(S(=O)(=O)N2CCC(C(=O)NCCSc3ccccc3)CC2)cc1. The van der Waals surface area contributed by atoms with E-state index in [0.717, 1.165) is 11.3 Å². The molecule has 0 unspecified atom stereocenters. The molecule has 1 fully saturated rings. The Morgan fingerprint density at radius 2 is 1.71 bits per heavy atom. The van der Waals surface area contributed by atoms with E-state index >= 15 is 0 Å². The zero-order valence-electron chi connectivity index (χ0n) is 16.0. The molecule has 1 aliphatic heterocycles. The average Bonchev–Trinajstić information content (AvgIpc) is 2.72. The fourth-order valence-electron chi connectivity index (χ4n) is 3.22. The number of sulfonamides is 1. The summed E-state index contributed by atoms with van der Waals surface area (Å²) >= 11 is 1.71. The van der Waals surface area contributed by atoms with Crippen molar-refractivity contribution in [2.75, 3.05) is 25.4 Å². The van der Waals surface area contributed by atoms with Gasteiger partial charge in [0.25, 0.3) is 0 Å². The molecular formula is C21H26N2O3S2. The first kappa shape index (κ1) is 20.9. The maximum absolute atomic E-state index is 12.7. The molecule has 1 heterocycles. The minimum atomic E-state index is -3.48. The highest BCUT2D eigenvalue weighted by Crippen LogP contribution is 2.24. The highest BCUT2D eigenvalue weighted by Gasteiger charge is 2.31. The summed E-state index contributed by atoms with van der Waals surface area (Å²) in [5.41, 5.74) is 1.03. The zero-order valence-corrected chi connectivity index (χ0v) is 17.6. The van der Waals surface area contributed by atoms with Gasteiger partial charge in [-0.3, -0.25) is 4.79 Å². The summed E-state index contributed by atoms with van der Waals surface area (Å²) in [5.74, 6) is 0.725. The van der Waals surface area contributed by atoms with E-state index in [0.29, 0.717) is 37.4 Å². The van der Waals surface area contributed by atoms with Gasteiger partial charge >= 0.3 is 0 Å². The predicted octanol–water partition coefficient (Wildman–Crippen LogP) is 3.30. The summed E-state index contributed by atoms with van der Waals surface area (Å²) in [6.07, 6.45) is 1.12. The number of carbonyl (C=O) groups is 1. The van der Waals surface area contributed by atoms with Crippen LogP contribution in [0.5, 0.6) is 0 Å². The van der Waals surface area contributed by atoms with Crippen molar-refractivity contribution in [1.29, 1.82) is 0 Å². The molecule has 1 amide bonds. The summed E-state index contributed by atoms with van der Waals surface area (Å²) in [4.78, 5) is 13.9. The molecule has 5 nitrogen and oxygen atoms in total. The monoisotopic (exact) mass is 418 g/mol. The number of piperidine rings is 1. The molecule has 150 valence electrons. The van der Waals surface area contributed by atoms with Gasteiger partial charge in [0.15, 0.2) is 0 Å². The van der Waals surface area contributed by atoms with Crippen LogP contribution in [0.15, 0.2) is 64.4 Å². The van der Waals surface area contributed by atoms with Crippen LogP contribution in [0.1, 0.15) is 18.4 Å². The standard InChI is InChI=1S/C21H26N2O3S2/c1-17-7-9-20(10-8-17)28(25,26)23-14-11-18(12-15-23)21(24)22-13-16-27-19-5-3-2-4-6-19/h2-10,18H,11-16H2,1H3,(H,22,24). The van der Waals surface area contributed by atoms with Gasteiger partial charge in [0.05, 0.1) is 4.90 Å². The van der Waals surface area contributed by atoms with Crippen LogP contribution in [0.3, 0.4) is 0 Å². The van der Waals surface area contributed by atoms with Crippen LogP contribution < -0.4 is 5.32 Å². The lowest BCUT2D eigenvalue weighted by molar-refractivity contribution is -0.125. The van der Waals surface area contributed by atoms with Crippen molar-refractivity contribution < 1.29 is 13.2 Å². The molecule has 2 aromatic rings. The maximum atomic E-state index is 12.7. The number of amides is 1. The highest BCUT2D eigenvalue weighted by molar-refractivity contribution is 7.99. The van der Waals surface area contributed by atoms with E-state index in [2.05, 4.69) is 17.4 Å². The van der Waals surface area contributed by atoms with Gasteiger partial charge in [0.2, 0.25) is 15.9 Å². The zero-order chi connectivity index (χ0) is 20.0. The summed E-state index contributed by atoms with van der Waals surface area (Å²) in [7, 11) is -3.48. The van der Waals surface area contributed by atoms with Gasteiger partial charge < -0.3 is 5.32 Å². The smallest absolute Gasteiger partial charge is 0.243 e. The fourth-order valence-corrected chi connectivity index (χ4v) is 5.48. The molecule has 0 bridgehead atoms. The molecule has 0 radical (unpaired) electrons. The van der Waals surface area contributed by atoms with Gasteiger partial charge in [-0.05, 0) is 44.0 Å². The third kappa shape index (κ3) is 5.37. The maximum Gasteiger partial charge on any atom is 0.243 e. The Hall–Kier alpha value is -1.83. The van der Waals surface area contributed by atoms with Gasteiger partial charge in [-0.15, -0.1) is 11.8 Å². The van der Waals surface area contributed by atoms with Gasteiger partial charge in [0.1, 0.15) is 0 Å². The van der Waals surface area contributed by atoms with Crippen molar-refractivity contribution in [2.24, 2.45) is 5.92 Å². The quantitative estimate of drug-likeness (QED) is 0.553. The van der Waals surface area contributed by atoms with Crippen LogP contribution in [0.4, 0.5) is 0 Å². The molecule has 2 aromatic carbocycles. The molecule has 28 heavy (non-hydrogen) atoms. The van der Waals surface area contributed by atoms with E-state index in [4.69, 9.17) is 0 Å². The largest absolute Gasteiger partial charge is 0.355 e. The van der Waals surface area contributed by atoms with Gasteiger partial charge in [-0.2, -0.15) is 4.31 Å². The van der Waals surface area contributed by atoms with Gasteiger partial charge in [-0.25, -0.2) is 8.42 Å². The van der Waals surface area contributed by atoms with E-state index in [-0.39, 0.29) is 11.8 Å². The van der Waals surface area contributed by atoms with Crippen molar-refractivity contribution in [3.63, 3.8) is 0 Å². The lowest BCUT2D eigenvalue weighted by atomic mass is 9.97. The van der Waals surface area contributed by atoms with Crippen LogP contribution in [-0.4, -0.2) is 44.0 Å². The summed E-state index contributed by atoms with van der Waals surface area (Å²) in [6, 6.07) is 17.0. The van der Waals surface area contributed by atoms with Crippen molar-refractivity contribution in [3.8, 4) is 0 Å². The molecule has 0 saturated carbocycles. The number of nitrogens with one attached hydrogen (secondary N) is 1. The molecule has 0 spiro atoms. The topological polar surface area (TPSA) is 66.5 Å². The Morgan fingerprint density at radius 3 is 2.36 bits per heavy atom. The number of carbonyl (C=O) groups excluding carboxylic acids is 1. The minimum Gasteiger partial charge on any atom is -0.355 e. The van der Waals surface area contributed by atoms with E-state index in [1.54, 1.807) is 36.0 Å². The lowest BCUT2D eigenvalue weighted by Gasteiger charge is -2.30. The third-order valence-electron chi connectivity index (χ3n) is 4.90. The predicted molar refractivity (Wildman–Crippen MR) is 113 cm³/mol. The van der Waals surface area contributed by atoms with Crippen LogP contribution in [0, 0.1) is 12.8 Å². The summed E-state index contributed by atoms with van der Waals surface area (Å²) in [6.45, 7) is 3.30. The number of aryl methyl sites for hydroxylation is 1. The number of benzene rings is 2. The van der Waals surface area contributed by atoms with Crippen LogP contribution in [-0.2, 0) is 14.8 Å². The molecular weight excluding hydrogens is 392 g/mol. The van der Waals surface area contributed by atoms with Crippen molar-refractivity contribution in [1.82, 2.24) is 9.62 Å². The molecule has 1 aliphatic rings. The molecule has 1 saturated heterocycles. The van der Waals surface area contributed by atoms with Crippen molar-refractivity contribution >= 4 is 27.7 Å². The summed E-state index contributed by atoms with van der Waals surface area (Å²) in [5, 5.41) is 2.99.